The number of fused-ring (bicyclic) bond motifs is 1. The molecule has 152 valence electrons. The van der Waals surface area contributed by atoms with Gasteiger partial charge in [0, 0.05) is 31.9 Å². The zero-order valence-electron chi connectivity index (χ0n) is 16.0. The van der Waals surface area contributed by atoms with E-state index in [9.17, 15) is 23.2 Å². The average Bonchev–Trinajstić information content (AvgIpc) is 2.64. The lowest BCUT2D eigenvalue weighted by atomic mass is 9.84. The number of alkyl halides is 3. The Hall–Kier alpha value is -1.79. The predicted molar refractivity (Wildman–Crippen MR) is 99.9 cm³/mol. The van der Waals surface area contributed by atoms with Crippen molar-refractivity contribution >= 4 is 17.7 Å². The van der Waals surface area contributed by atoms with E-state index < -0.39 is 17.3 Å². The second-order valence-electron chi connectivity index (χ2n) is 7.52. The van der Waals surface area contributed by atoms with Crippen LogP contribution in [0.3, 0.4) is 0 Å². The molecule has 0 bridgehead atoms. The van der Waals surface area contributed by atoms with Gasteiger partial charge in [0.05, 0.1) is 16.9 Å². The summed E-state index contributed by atoms with van der Waals surface area (Å²) in [5.41, 5.74) is -0.742. The molecule has 0 aromatic carbocycles. The highest BCUT2D eigenvalue weighted by atomic mass is 32.2. The van der Waals surface area contributed by atoms with Gasteiger partial charge in [0.2, 0.25) is 5.91 Å². The highest BCUT2D eigenvalue weighted by molar-refractivity contribution is 8.00. The summed E-state index contributed by atoms with van der Waals surface area (Å²) < 4.78 is 41.4. The number of pyridine rings is 1. The second kappa shape index (κ2) is 8.29. The molecule has 1 atom stereocenters. The topological polar surface area (TPSA) is 60.2 Å². The first-order valence-electron chi connectivity index (χ1n) is 9.32. The van der Waals surface area contributed by atoms with Crippen LogP contribution in [0.2, 0.25) is 0 Å². The molecular weight excluding hydrogens is 389 g/mol. The Kier molecular flexibility index (Phi) is 6.20. The number of likely N-dealkylation sites (N-methyl/N-ethyl adjacent to an activating group) is 1. The lowest BCUT2D eigenvalue weighted by molar-refractivity contribution is -0.138. The fraction of sp³-hybridized carbons (Fsp3) is 0.632. The zero-order chi connectivity index (χ0) is 20.5. The number of thioether (sulfide) groups is 1. The third-order valence-corrected chi connectivity index (χ3v) is 6.32. The molecule has 1 aromatic heterocycles. The van der Waals surface area contributed by atoms with Crippen LogP contribution in [-0.2, 0) is 23.8 Å². The molecule has 1 fully saturated rings. The fourth-order valence-electron chi connectivity index (χ4n) is 3.71. The number of rotatable bonds is 3. The molecule has 1 unspecified atom stereocenters. The summed E-state index contributed by atoms with van der Waals surface area (Å²) in [6.45, 7) is 4.65. The monoisotopic (exact) mass is 412 g/mol. The van der Waals surface area contributed by atoms with E-state index in [0.29, 0.717) is 25.2 Å². The number of hydrogen-bond acceptors (Lipinski definition) is 5. The first-order valence-corrected chi connectivity index (χ1v) is 10.3. The Morgan fingerprint density at radius 1 is 1.32 bits per heavy atom. The van der Waals surface area contributed by atoms with E-state index in [1.54, 1.807) is 11.0 Å². The molecule has 0 radical (unpaired) electrons. The van der Waals surface area contributed by atoms with Crippen molar-refractivity contribution in [2.45, 2.75) is 37.4 Å². The van der Waals surface area contributed by atoms with E-state index in [1.165, 1.54) is 0 Å². The number of amides is 1. The van der Waals surface area contributed by atoms with Crippen molar-refractivity contribution in [2.24, 2.45) is 5.92 Å². The number of piperazine rings is 1. The number of halogens is 3. The molecule has 1 aliphatic heterocycles. The highest BCUT2D eigenvalue weighted by Crippen LogP contribution is 2.41. The molecule has 1 aliphatic carbocycles. The molecule has 3 rings (SSSR count). The number of carbonyl (C=O) groups excluding carboxylic acids is 1. The van der Waals surface area contributed by atoms with Crippen LogP contribution in [0.15, 0.2) is 5.03 Å². The van der Waals surface area contributed by atoms with Crippen LogP contribution in [0.5, 0.6) is 0 Å². The van der Waals surface area contributed by atoms with Crippen LogP contribution >= 0.6 is 11.8 Å². The second-order valence-corrected chi connectivity index (χ2v) is 8.49. The smallest absolute Gasteiger partial charge is 0.339 e. The van der Waals surface area contributed by atoms with Gasteiger partial charge >= 0.3 is 6.18 Å². The molecule has 0 N–H and O–H groups in total. The molecule has 2 heterocycles. The molecule has 28 heavy (non-hydrogen) atoms. The van der Waals surface area contributed by atoms with Gasteiger partial charge in [-0.2, -0.15) is 18.4 Å². The summed E-state index contributed by atoms with van der Waals surface area (Å²) in [4.78, 5) is 20.7. The first kappa shape index (κ1) is 20.9. The zero-order valence-corrected chi connectivity index (χ0v) is 16.8. The van der Waals surface area contributed by atoms with E-state index in [2.05, 4.69) is 9.88 Å². The van der Waals surface area contributed by atoms with E-state index >= 15 is 0 Å². The third kappa shape index (κ3) is 4.44. The molecule has 2 aliphatic rings. The van der Waals surface area contributed by atoms with Crippen LogP contribution in [0.4, 0.5) is 13.2 Å². The van der Waals surface area contributed by atoms with Crippen molar-refractivity contribution in [2.75, 3.05) is 39.0 Å². The summed E-state index contributed by atoms with van der Waals surface area (Å²) in [5, 5.41) is 9.49. The lowest BCUT2D eigenvalue weighted by Gasteiger charge is -2.32. The van der Waals surface area contributed by atoms with Gasteiger partial charge < -0.3 is 9.80 Å². The van der Waals surface area contributed by atoms with Crippen LogP contribution in [0.25, 0.3) is 0 Å². The van der Waals surface area contributed by atoms with Crippen molar-refractivity contribution in [1.29, 1.82) is 5.26 Å². The summed E-state index contributed by atoms with van der Waals surface area (Å²) in [7, 11) is 1.98. The number of nitrogens with zero attached hydrogens (tertiary/aromatic N) is 4. The Balaban J connectivity index is 1.87. The van der Waals surface area contributed by atoms with Gasteiger partial charge in [-0.25, -0.2) is 4.98 Å². The summed E-state index contributed by atoms with van der Waals surface area (Å²) in [6.07, 6.45) is -3.11. The van der Waals surface area contributed by atoms with Crippen molar-refractivity contribution in [3.05, 3.63) is 22.4 Å². The number of aryl methyl sites for hydroxylation is 1. The third-order valence-electron chi connectivity index (χ3n) is 5.36. The van der Waals surface area contributed by atoms with Gasteiger partial charge in [0.1, 0.15) is 11.1 Å². The maximum absolute atomic E-state index is 13.8. The Morgan fingerprint density at radius 2 is 2.00 bits per heavy atom. The van der Waals surface area contributed by atoms with Crippen LogP contribution < -0.4 is 0 Å². The molecule has 0 spiro atoms. The Bertz CT molecular complexity index is 798. The number of hydrogen-bond donors (Lipinski definition) is 0. The minimum absolute atomic E-state index is 0.0160. The fourth-order valence-corrected chi connectivity index (χ4v) is 4.62. The summed E-state index contributed by atoms with van der Waals surface area (Å²) >= 11 is 0.940. The lowest BCUT2D eigenvalue weighted by Crippen LogP contribution is -2.47. The number of aromatic nitrogens is 1. The minimum atomic E-state index is -4.62. The van der Waals surface area contributed by atoms with Crippen LogP contribution in [0, 0.1) is 17.2 Å². The largest absolute Gasteiger partial charge is 0.418 e. The number of nitriles is 1. The Labute approximate surface area is 166 Å². The minimum Gasteiger partial charge on any atom is -0.339 e. The Morgan fingerprint density at radius 3 is 2.61 bits per heavy atom. The van der Waals surface area contributed by atoms with Gasteiger partial charge in [0.15, 0.2) is 0 Å². The molecule has 1 amide bonds. The van der Waals surface area contributed by atoms with Crippen LogP contribution in [-0.4, -0.2) is 59.7 Å². The van der Waals surface area contributed by atoms with Crippen LogP contribution in [0.1, 0.15) is 35.7 Å². The predicted octanol–water partition coefficient (Wildman–Crippen LogP) is 2.96. The summed E-state index contributed by atoms with van der Waals surface area (Å²) in [5.74, 6) is -0.0272. The SMILES string of the molecule is CC1CCc2nc(SCC(=O)N3CCN(C)CC3)c(C#N)c(C(F)(F)F)c2C1. The highest BCUT2D eigenvalue weighted by Gasteiger charge is 2.40. The summed E-state index contributed by atoms with van der Waals surface area (Å²) in [6, 6.07) is 1.71. The first-order chi connectivity index (χ1) is 13.2. The maximum Gasteiger partial charge on any atom is 0.418 e. The van der Waals surface area contributed by atoms with Crippen molar-refractivity contribution in [3.8, 4) is 6.07 Å². The van der Waals surface area contributed by atoms with E-state index in [4.69, 9.17) is 0 Å². The molecule has 9 heteroatoms. The van der Waals surface area contributed by atoms with E-state index in [-0.39, 0.29) is 34.6 Å². The quantitative estimate of drug-likeness (QED) is 0.715. The van der Waals surface area contributed by atoms with E-state index in [1.807, 2.05) is 14.0 Å². The molecule has 5 nitrogen and oxygen atoms in total. The maximum atomic E-state index is 13.8. The van der Waals surface area contributed by atoms with Crippen molar-refractivity contribution < 1.29 is 18.0 Å². The van der Waals surface area contributed by atoms with Gasteiger partial charge in [-0.15, -0.1) is 0 Å². The normalized spacial score (nSPS) is 20.6. The molecular formula is C19H23F3N4OS. The molecule has 0 saturated carbocycles. The van der Waals surface area contributed by atoms with E-state index in [0.717, 1.165) is 31.3 Å². The van der Waals surface area contributed by atoms with Crippen molar-refractivity contribution in [3.63, 3.8) is 0 Å². The van der Waals surface area contributed by atoms with Gasteiger partial charge in [-0.3, -0.25) is 4.79 Å². The average molecular weight is 412 g/mol. The molecule has 1 aromatic rings. The number of carbonyl (C=O) groups is 1. The van der Waals surface area contributed by atoms with Crippen molar-refractivity contribution in [1.82, 2.24) is 14.8 Å². The van der Waals surface area contributed by atoms with Gasteiger partial charge in [-0.1, -0.05) is 18.7 Å². The standard InChI is InChI=1S/C19H23F3N4OS/c1-12-3-4-15-13(9-12)17(19(20,21)22)14(10-23)18(24-15)28-11-16(27)26-7-5-25(2)6-8-26/h12H,3-9,11H2,1-2H3. The molecule has 1 saturated heterocycles. The van der Waals surface area contributed by atoms with Gasteiger partial charge in [0.25, 0.3) is 0 Å². The van der Waals surface area contributed by atoms with Gasteiger partial charge in [-0.05, 0) is 37.8 Å².